The number of nitriles is 1. The normalized spacial score (nSPS) is 16.9. The minimum absolute atomic E-state index is 0.0210. The molecule has 0 bridgehead atoms. The molecule has 37 heavy (non-hydrogen) atoms. The number of aryl methyl sites for hydroxylation is 1. The van der Waals surface area contributed by atoms with Gasteiger partial charge < -0.3 is 19.8 Å². The van der Waals surface area contributed by atoms with Crippen LogP contribution in [0.5, 0.6) is 5.75 Å². The van der Waals surface area contributed by atoms with Crippen molar-refractivity contribution < 1.29 is 35.9 Å². The molecule has 0 saturated carbocycles. The summed E-state index contributed by atoms with van der Waals surface area (Å²) in [6.45, 7) is 4.65. The highest BCUT2D eigenvalue weighted by Crippen LogP contribution is 2.34. The Balaban J connectivity index is 0.00000186. The van der Waals surface area contributed by atoms with Crippen molar-refractivity contribution in [2.75, 3.05) is 13.1 Å². The second kappa shape index (κ2) is 11.1. The Morgan fingerprint density at radius 1 is 1.35 bits per heavy atom. The lowest BCUT2D eigenvalue weighted by atomic mass is 10.0. The zero-order valence-corrected chi connectivity index (χ0v) is 20.3. The standard InChI is InChI=1S/C23H19F5N4O3.C2H6/c1-12-19(21(33)32-18-4-6-30-11-22(18,24)25)15-8-16(14(9-29)7-17(15)35-12)34-10-13-3-2-5-31-20(13)23(26,27)28;1-2/h2-3,5,7-8,18,30H,4,6,10-11H2,1H3,(H,32,33);1-2H3. The molecule has 3 aromatic rings. The van der Waals surface area contributed by atoms with Crippen molar-refractivity contribution in [3.8, 4) is 11.8 Å². The van der Waals surface area contributed by atoms with Gasteiger partial charge >= 0.3 is 6.18 Å². The quantitative estimate of drug-likeness (QED) is 0.436. The van der Waals surface area contributed by atoms with Gasteiger partial charge in [0.1, 0.15) is 29.8 Å². The van der Waals surface area contributed by atoms with Crippen LogP contribution in [0.25, 0.3) is 11.0 Å². The number of carbonyl (C=O) groups excluding carboxylic acids is 1. The molecule has 4 rings (SSSR count). The lowest BCUT2D eigenvalue weighted by Gasteiger charge is -2.32. The molecule has 198 valence electrons. The molecule has 7 nitrogen and oxygen atoms in total. The topological polar surface area (TPSA) is 100 Å². The van der Waals surface area contributed by atoms with Gasteiger partial charge in [0.05, 0.1) is 23.7 Å². The number of amides is 1. The summed E-state index contributed by atoms with van der Waals surface area (Å²) in [7, 11) is 0. The highest BCUT2D eigenvalue weighted by atomic mass is 19.4. The minimum atomic E-state index is -4.70. The van der Waals surface area contributed by atoms with Gasteiger partial charge in [-0.3, -0.25) is 9.78 Å². The van der Waals surface area contributed by atoms with Gasteiger partial charge in [0.25, 0.3) is 11.8 Å². The summed E-state index contributed by atoms with van der Waals surface area (Å²) in [6, 6.07) is 5.56. The monoisotopic (exact) mass is 524 g/mol. The summed E-state index contributed by atoms with van der Waals surface area (Å²) in [6.07, 6.45) is -3.68. The maximum Gasteiger partial charge on any atom is 0.433 e. The van der Waals surface area contributed by atoms with Gasteiger partial charge in [-0.1, -0.05) is 19.9 Å². The summed E-state index contributed by atoms with van der Waals surface area (Å²) in [5.74, 6) is -3.92. The van der Waals surface area contributed by atoms with Crippen LogP contribution in [0.3, 0.4) is 0 Å². The highest BCUT2D eigenvalue weighted by molar-refractivity contribution is 6.08. The molecule has 12 heteroatoms. The molecule has 1 aromatic carbocycles. The van der Waals surface area contributed by atoms with Crippen molar-refractivity contribution in [2.24, 2.45) is 0 Å². The molecule has 1 atom stereocenters. The fourth-order valence-corrected chi connectivity index (χ4v) is 3.94. The first-order chi connectivity index (χ1) is 17.5. The van der Waals surface area contributed by atoms with Crippen molar-refractivity contribution in [1.82, 2.24) is 15.6 Å². The van der Waals surface area contributed by atoms with E-state index in [9.17, 15) is 32.0 Å². The number of rotatable bonds is 5. The van der Waals surface area contributed by atoms with Gasteiger partial charge in [0.15, 0.2) is 5.69 Å². The SMILES string of the molecule is CC.Cc1oc2cc(C#N)c(OCc3cccnc3C(F)(F)F)cc2c1C(=O)NC1CCNCC1(F)F. The molecule has 1 saturated heterocycles. The van der Waals surface area contributed by atoms with Crippen molar-refractivity contribution in [3.05, 3.63) is 58.6 Å². The number of halogens is 5. The van der Waals surface area contributed by atoms with Crippen molar-refractivity contribution in [1.29, 1.82) is 5.26 Å². The number of nitrogens with zero attached hydrogens (tertiary/aromatic N) is 2. The van der Waals surface area contributed by atoms with Crippen LogP contribution < -0.4 is 15.4 Å². The molecule has 1 amide bonds. The van der Waals surface area contributed by atoms with Crippen molar-refractivity contribution in [3.63, 3.8) is 0 Å². The zero-order valence-electron chi connectivity index (χ0n) is 20.3. The number of piperidine rings is 1. The summed E-state index contributed by atoms with van der Waals surface area (Å²) >= 11 is 0. The number of nitrogens with one attached hydrogen (secondary N) is 2. The molecule has 1 aliphatic heterocycles. The molecule has 1 aliphatic rings. The van der Waals surface area contributed by atoms with Gasteiger partial charge in [-0.2, -0.15) is 18.4 Å². The number of hydrogen-bond donors (Lipinski definition) is 2. The summed E-state index contributed by atoms with van der Waals surface area (Å²) in [4.78, 5) is 16.3. The Kier molecular flexibility index (Phi) is 8.38. The second-order valence-corrected chi connectivity index (χ2v) is 8.04. The molecule has 0 spiro atoms. The van der Waals surface area contributed by atoms with Gasteiger partial charge in [-0.25, -0.2) is 8.78 Å². The van der Waals surface area contributed by atoms with Gasteiger partial charge in [0, 0.05) is 23.2 Å². The largest absolute Gasteiger partial charge is 0.487 e. The third-order valence-corrected chi connectivity index (χ3v) is 5.64. The van der Waals surface area contributed by atoms with E-state index in [1.807, 2.05) is 19.9 Å². The number of aromatic nitrogens is 1. The average Bonchev–Trinajstić information content (AvgIpc) is 3.18. The molecule has 0 radical (unpaired) electrons. The van der Waals surface area contributed by atoms with Crippen LogP contribution in [-0.4, -0.2) is 35.9 Å². The Hall–Kier alpha value is -3.72. The van der Waals surface area contributed by atoms with E-state index in [1.165, 1.54) is 31.2 Å². The molecule has 0 aliphatic carbocycles. The Labute approximate surface area is 209 Å². The van der Waals surface area contributed by atoms with E-state index >= 15 is 0 Å². The van der Waals surface area contributed by atoms with E-state index < -0.39 is 42.9 Å². The molecular formula is C25H25F5N4O3. The number of carbonyl (C=O) groups is 1. The Bertz CT molecular complexity index is 1310. The van der Waals surface area contributed by atoms with Gasteiger partial charge in [-0.15, -0.1) is 0 Å². The van der Waals surface area contributed by atoms with E-state index in [-0.39, 0.29) is 45.6 Å². The van der Waals surface area contributed by atoms with Crippen LogP contribution in [0.2, 0.25) is 0 Å². The number of ether oxygens (including phenoxy) is 1. The first-order valence-electron chi connectivity index (χ1n) is 11.5. The van der Waals surface area contributed by atoms with E-state index in [4.69, 9.17) is 9.15 Å². The molecule has 1 fully saturated rings. The third-order valence-electron chi connectivity index (χ3n) is 5.64. The first kappa shape index (κ1) is 27.9. The van der Waals surface area contributed by atoms with Gasteiger partial charge in [-0.05, 0) is 32.0 Å². The number of fused-ring (bicyclic) bond motifs is 1. The average molecular weight is 524 g/mol. The number of pyridine rings is 1. The zero-order chi connectivity index (χ0) is 27.4. The van der Waals surface area contributed by atoms with E-state index in [0.29, 0.717) is 6.54 Å². The number of alkyl halides is 5. The number of furan rings is 1. The van der Waals surface area contributed by atoms with Crippen LogP contribution in [0.15, 0.2) is 34.9 Å². The van der Waals surface area contributed by atoms with E-state index in [2.05, 4.69) is 15.6 Å². The molecule has 2 aromatic heterocycles. The second-order valence-electron chi connectivity index (χ2n) is 8.04. The molecule has 3 heterocycles. The van der Waals surface area contributed by atoms with Crippen molar-refractivity contribution >= 4 is 16.9 Å². The molecular weight excluding hydrogens is 499 g/mol. The Morgan fingerprint density at radius 2 is 2.08 bits per heavy atom. The van der Waals surface area contributed by atoms with Crippen LogP contribution in [0.1, 0.15) is 53.2 Å². The third kappa shape index (κ3) is 5.99. The van der Waals surface area contributed by atoms with E-state index in [1.54, 1.807) is 0 Å². The fourth-order valence-electron chi connectivity index (χ4n) is 3.94. The van der Waals surface area contributed by atoms with Crippen LogP contribution in [0.4, 0.5) is 22.0 Å². The fraction of sp³-hybridized carbons (Fsp3) is 0.400. The number of benzene rings is 1. The van der Waals surface area contributed by atoms with Crippen LogP contribution in [0, 0.1) is 18.3 Å². The molecule has 1 unspecified atom stereocenters. The van der Waals surface area contributed by atoms with Crippen LogP contribution in [-0.2, 0) is 12.8 Å². The lowest BCUT2D eigenvalue weighted by molar-refractivity contribution is -0.142. The number of hydrogen-bond acceptors (Lipinski definition) is 6. The smallest absolute Gasteiger partial charge is 0.433 e. The summed E-state index contributed by atoms with van der Waals surface area (Å²) in [5.41, 5.74) is -1.31. The van der Waals surface area contributed by atoms with Crippen LogP contribution >= 0.6 is 0 Å². The highest BCUT2D eigenvalue weighted by Gasteiger charge is 2.43. The summed E-state index contributed by atoms with van der Waals surface area (Å²) < 4.78 is 79.2. The minimum Gasteiger partial charge on any atom is -0.487 e. The van der Waals surface area contributed by atoms with E-state index in [0.717, 1.165) is 6.20 Å². The van der Waals surface area contributed by atoms with Gasteiger partial charge in [0.2, 0.25) is 0 Å². The maximum atomic E-state index is 14.2. The molecule has 2 N–H and O–H groups in total. The predicted molar refractivity (Wildman–Crippen MR) is 124 cm³/mol. The summed E-state index contributed by atoms with van der Waals surface area (Å²) in [5, 5.41) is 14.6. The predicted octanol–water partition coefficient (Wildman–Crippen LogP) is 5.36. The Morgan fingerprint density at radius 3 is 2.73 bits per heavy atom. The maximum absolute atomic E-state index is 14.2. The first-order valence-corrected chi connectivity index (χ1v) is 11.5. The lowest BCUT2D eigenvalue weighted by Crippen LogP contribution is -2.57. The van der Waals surface area contributed by atoms with Crippen molar-refractivity contribution in [2.45, 2.75) is 51.9 Å².